The van der Waals surface area contributed by atoms with Crippen molar-refractivity contribution in [3.8, 4) is 0 Å². The number of para-hydroxylation sites is 1. The predicted molar refractivity (Wildman–Crippen MR) is 91.6 cm³/mol. The first-order valence-electron chi connectivity index (χ1n) is 8.30. The summed E-state index contributed by atoms with van der Waals surface area (Å²) in [6.45, 7) is 5.48. The van der Waals surface area contributed by atoms with Gasteiger partial charge >= 0.3 is 0 Å². The van der Waals surface area contributed by atoms with Crippen LogP contribution in [0.15, 0.2) is 30.3 Å². The van der Waals surface area contributed by atoms with Crippen LogP contribution in [0.2, 0.25) is 0 Å². The minimum atomic E-state index is -0.0556. The van der Waals surface area contributed by atoms with Gasteiger partial charge in [0.1, 0.15) is 17.3 Å². The molecule has 0 N–H and O–H groups in total. The van der Waals surface area contributed by atoms with E-state index < -0.39 is 0 Å². The molecule has 0 bridgehead atoms. The summed E-state index contributed by atoms with van der Waals surface area (Å²) in [6.07, 6.45) is 0.891. The number of rotatable bonds is 2. The van der Waals surface area contributed by atoms with Gasteiger partial charge in [0.15, 0.2) is 0 Å². The summed E-state index contributed by atoms with van der Waals surface area (Å²) < 4.78 is 5.39. The lowest BCUT2D eigenvalue weighted by Crippen LogP contribution is -2.37. The zero-order valence-corrected chi connectivity index (χ0v) is 13.7. The minimum absolute atomic E-state index is 0.0556. The van der Waals surface area contributed by atoms with Crippen molar-refractivity contribution in [2.24, 2.45) is 0 Å². The summed E-state index contributed by atoms with van der Waals surface area (Å²) in [6, 6.07) is 9.86. The Labute approximate surface area is 141 Å². The number of hydrogen-bond acceptors (Lipinski definition) is 5. The Bertz CT molecular complexity index is 771. The van der Waals surface area contributed by atoms with Gasteiger partial charge in [0.05, 0.1) is 13.2 Å². The fraction of sp³-hybridized carbons (Fsp3) is 0.389. The summed E-state index contributed by atoms with van der Waals surface area (Å²) in [5.74, 6) is 1.37. The van der Waals surface area contributed by atoms with E-state index in [4.69, 9.17) is 4.74 Å². The lowest BCUT2D eigenvalue weighted by atomic mass is 10.2. The van der Waals surface area contributed by atoms with Crippen molar-refractivity contribution >= 4 is 17.4 Å². The molecule has 2 aliphatic rings. The van der Waals surface area contributed by atoms with E-state index in [1.165, 1.54) is 5.56 Å². The van der Waals surface area contributed by atoms with E-state index in [0.29, 0.717) is 31.3 Å². The molecule has 124 valence electrons. The van der Waals surface area contributed by atoms with Crippen molar-refractivity contribution in [3.05, 3.63) is 47.4 Å². The van der Waals surface area contributed by atoms with Crippen molar-refractivity contribution < 1.29 is 9.53 Å². The Morgan fingerprint density at radius 2 is 1.92 bits per heavy atom. The molecule has 1 saturated heterocycles. The average molecular weight is 324 g/mol. The maximum Gasteiger partial charge on any atom is 0.277 e. The molecule has 0 radical (unpaired) electrons. The number of morpholine rings is 1. The second kappa shape index (κ2) is 6.20. The fourth-order valence-electron chi connectivity index (χ4n) is 3.30. The van der Waals surface area contributed by atoms with Gasteiger partial charge in [-0.15, -0.1) is 0 Å². The molecule has 0 unspecified atom stereocenters. The van der Waals surface area contributed by atoms with Crippen molar-refractivity contribution in [1.29, 1.82) is 0 Å². The van der Waals surface area contributed by atoms with Crippen molar-refractivity contribution in [2.75, 3.05) is 42.6 Å². The zero-order chi connectivity index (χ0) is 16.5. The number of aryl methyl sites for hydroxylation is 1. The van der Waals surface area contributed by atoms with Crippen LogP contribution in [0, 0.1) is 6.92 Å². The molecule has 0 aliphatic carbocycles. The van der Waals surface area contributed by atoms with E-state index in [1.807, 2.05) is 36.1 Å². The molecular formula is C18H20N4O2. The molecule has 3 heterocycles. The van der Waals surface area contributed by atoms with E-state index in [-0.39, 0.29) is 5.91 Å². The Morgan fingerprint density at radius 3 is 2.75 bits per heavy atom. The minimum Gasteiger partial charge on any atom is -0.378 e. The molecule has 0 atom stereocenters. The van der Waals surface area contributed by atoms with Crippen LogP contribution in [0.1, 0.15) is 21.9 Å². The largest absolute Gasteiger partial charge is 0.378 e. The van der Waals surface area contributed by atoms with Gasteiger partial charge in [0.2, 0.25) is 0 Å². The topological polar surface area (TPSA) is 58.6 Å². The highest BCUT2D eigenvalue weighted by Gasteiger charge is 2.27. The molecule has 1 aromatic carbocycles. The normalized spacial score (nSPS) is 17.0. The number of hydrogen-bond donors (Lipinski definition) is 0. The molecule has 1 aromatic heterocycles. The second-order valence-electron chi connectivity index (χ2n) is 6.09. The third-order valence-electron chi connectivity index (χ3n) is 4.51. The average Bonchev–Trinajstić information content (AvgIpc) is 3.05. The van der Waals surface area contributed by atoms with Crippen LogP contribution in [-0.2, 0) is 11.2 Å². The highest BCUT2D eigenvalue weighted by molar-refractivity contribution is 6.06. The van der Waals surface area contributed by atoms with Gasteiger partial charge in [-0.1, -0.05) is 18.2 Å². The van der Waals surface area contributed by atoms with Crippen LogP contribution in [-0.4, -0.2) is 48.7 Å². The maximum atomic E-state index is 13.0. The molecule has 0 saturated carbocycles. The lowest BCUT2D eigenvalue weighted by Gasteiger charge is -2.28. The van der Waals surface area contributed by atoms with E-state index >= 15 is 0 Å². The zero-order valence-electron chi connectivity index (χ0n) is 13.7. The van der Waals surface area contributed by atoms with Crippen molar-refractivity contribution in [3.63, 3.8) is 0 Å². The number of carbonyl (C=O) groups is 1. The fourth-order valence-corrected chi connectivity index (χ4v) is 3.30. The van der Waals surface area contributed by atoms with Gasteiger partial charge in [-0.3, -0.25) is 4.79 Å². The van der Waals surface area contributed by atoms with Gasteiger partial charge in [-0.25, -0.2) is 9.97 Å². The predicted octanol–water partition coefficient (Wildman–Crippen LogP) is 1.82. The molecule has 2 aliphatic heterocycles. The maximum absolute atomic E-state index is 13.0. The van der Waals surface area contributed by atoms with E-state index in [9.17, 15) is 4.79 Å². The third kappa shape index (κ3) is 2.73. The van der Waals surface area contributed by atoms with E-state index in [2.05, 4.69) is 20.9 Å². The van der Waals surface area contributed by atoms with Crippen molar-refractivity contribution in [2.45, 2.75) is 13.3 Å². The smallest absolute Gasteiger partial charge is 0.277 e. The number of fused-ring (bicyclic) bond motifs is 1. The second-order valence-corrected chi connectivity index (χ2v) is 6.09. The number of amides is 1. The monoisotopic (exact) mass is 324 g/mol. The number of nitrogens with zero attached hydrogens (tertiary/aromatic N) is 4. The van der Waals surface area contributed by atoms with Gasteiger partial charge in [0, 0.05) is 31.4 Å². The molecule has 2 aromatic rings. The molecule has 4 rings (SSSR count). The lowest BCUT2D eigenvalue weighted by molar-refractivity contribution is 0.0984. The van der Waals surface area contributed by atoms with Gasteiger partial charge in [0.25, 0.3) is 5.91 Å². The Hall–Kier alpha value is -2.47. The molecule has 1 fully saturated rings. The highest BCUT2D eigenvalue weighted by atomic mass is 16.5. The van der Waals surface area contributed by atoms with Crippen LogP contribution in [0.25, 0.3) is 0 Å². The van der Waals surface area contributed by atoms with E-state index in [0.717, 1.165) is 31.0 Å². The van der Waals surface area contributed by atoms with Crippen LogP contribution in [0.4, 0.5) is 11.5 Å². The number of aromatic nitrogens is 2. The Morgan fingerprint density at radius 1 is 1.12 bits per heavy atom. The summed E-state index contributed by atoms with van der Waals surface area (Å²) in [5.41, 5.74) is 2.66. The first-order chi connectivity index (χ1) is 11.7. The Kier molecular flexibility index (Phi) is 3.90. The quantitative estimate of drug-likeness (QED) is 0.843. The summed E-state index contributed by atoms with van der Waals surface area (Å²) in [4.78, 5) is 25.8. The number of ether oxygens (including phenoxy) is 1. The number of anilines is 2. The highest BCUT2D eigenvalue weighted by Crippen LogP contribution is 2.29. The van der Waals surface area contributed by atoms with Gasteiger partial charge in [-0.05, 0) is 25.0 Å². The summed E-state index contributed by atoms with van der Waals surface area (Å²) in [7, 11) is 0. The van der Waals surface area contributed by atoms with E-state index in [1.54, 1.807) is 0 Å². The number of benzene rings is 1. The number of carbonyl (C=O) groups excluding carboxylic acids is 1. The first-order valence-corrected chi connectivity index (χ1v) is 8.30. The molecule has 6 nitrogen and oxygen atoms in total. The third-order valence-corrected chi connectivity index (χ3v) is 4.51. The van der Waals surface area contributed by atoms with Gasteiger partial charge < -0.3 is 14.5 Å². The van der Waals surface area contributed by atoms with Crippen molar-refractivity contribution in [1.82, 2.24) is 9.97 Å². The molecule has 6 heteroatoms. The van der Waals surface area contributed by atoms with Crippen LogP contribution >= 0.6 is 0 Å². The molecule has 0 spiro atoms. The summed E-state index contributed by atoms with van der Waals surface area (Å²) >= 11 is 0. The molecule has 1 amide bonds. The first kappa shape index (κ1) is 15.1. The Balaban J connectivity index is 1.64. The molecule has 24 heavy (non-hydrogen) atoms. The van der Waals surface area contributed by atoms with Crippen LogP contribution < -0.4 is 9.80 Å². The molecular weight excluding hydrogens is 304 g/mol. The van der Waals surface area contributed by atoms with Crippen LogP contribution in [0.5, 0.6) is 0 Å². The van der Waals surface area contributed by atoms with Crippen LogP contribution in [0.3, 0.4) is 0 Å². The summed E-state index contributed by atoms with van der Waals surface area (Å²) in [5, 5.41) is 0. The van der Waals surface area contributed by atoms with Gasteiger partial charge in [-0.2, -0.15) is 0 Å². The SMILES string of the molecule is Cc1nc(C(=O)N2CCc3ccccc32)cc(N2CCOCC2)n1. The standard InChI is InChI=1S/C18H20N4O2/c1-13-19-15(12-17(20-13)21-8-10-24-11-9-21)18(23)22-7-6-14-4-2-3-5-16(14)22/h2-5,12H,6-11H2,1H3.